The van der Waals surface area contributed by atoms with E-state index in [9.17, 15) is 9.59 Å². The molecule has 0 saturated heterocycles. The Balaban J connectivity index is 1.59. The molecule has 0 fully saturated rings. The van der Waals surface area contributed by atoms with Gasteiger partial charge in [0.25, 0.3) is 5.56 Å². The monoisotopic (exact) mass is 506 g/mol. The third-order valence-corrected chi connectivity index (χ3v) is 7.56. The number of hydrogen-bond acceptors (Lipinski definition) is 6. The van der Waals surface area contributed by atoms with E-state index in [1.807, 2.05) is 60.0 Å². The third kappa shape index (κ3) is 4.42. The van der Waals surface area contributed by atoms with Gasteiger partial charge in [-0.2, -0.15) is 0 Å². The Morgan fingerprint density at radius 3 is 2.71 bits per heavy atom. The van der Waals surface area contributed by atoms with Gasteiger partial charge < -0.3 is 4.74 Å². The van der Waals surface area contributed by atoms with Crippen LogP contribution in [0, 0.1) is 0 Å². The summed E-state index contributed by atoms with van der Waals surface area (Å²) in [6.07, 6.45) is 1.80. The number of carbonyl (C=O) groups is 1. The number of allylic oxidation sites excluding steroid dienone is 1. The molecule has 0 aliphatic carbocycles. The summed E-state index contributed by atoms with van der Waals surface area (Å²) in [5.74, 6) is -0.479. The maximum Gasteiger partial charge on any atom is 0.338 e. The topological polar surface area (TPSA) is 60.7 Å². The highest BCUT2D eigenvalue weighted by molar-refractivity contribution is 7.10. The van der Waals surface area contributed by atoms with Gasteiger partial charge in [-0.15, -0.1) is 11.3 Å². The number of nitrogens with zero attached hydrogens (tertiary/aromatic N) is 2. The van der Waals surface area contributed by atoms with Gasteiger partial charge in [0, 0.05) is 9.90 Å². The van der Waals surface area contributed by atoms with E-state index in [4.69, 9.17) is 16.3 Å². The van der Waals surface area contributed by atoms with Crippen LogP contribution in [0.2, 0.25) is 5.02 Å². The Morgan fingerprint density at radius 1 is 1.15 bits per heavy atom. The van der Waals surface area contributed by atoms with Gasteiger partial charge in [-0.05, 0) is 47.7 Å². The third-order valence-electron chi connectivity index (χ3n) is 5.41. The number of rotatable bonds is 5. The zero-order chi connectivity index (χ0) is 23.7. The van der Waals surface area contributed by atoms with Gasteiger partial charge in [0.05, 0.1) is 15.8 Å². The fourth-order valence-electron chi connectivity index (χ4n) is 3.85. The molecule has 1 atom stereocenters. The van der Waals surface area contributed by atoms with E-state index < -0.39 is 12.0 Å². The fraction of sp³-hybridized carbons (Fsp3) is 0.115. The first-order chi connectivity index (χ1) is 16.5. The highest BCUT2D eigenvalue weighted by Crippen LogP contribution is 2.33. The molecule has 0 unspecified atom stereocenters. The Hall–Kier alpha value is -3.26. The second-order valence-electron chi connectivity index (χ2n) is 7.71. The number of hydrogen-bond donors (Lipinski definition) is 0. The molecule has 2 aromatic heterocycles. The highest BCUT2D eigenvalue weighted by atomic mass is 35.5. The van der Waals surface area contributed by atoms with Gasteiger partial charge in [0.2, 0.25) is 0 Å². The lowest BCUT2D eigenvalue weighted by molar-refractivity contribution is -0.140. The van der Waals surface area contributed by atoms with Crippen molar-refractivity contribution in [2.75, 3.05) is 0 Å². The van der Waals surface area contributed by atoms with Gasteiger partial charge in [-0.1, -0.05) is 71.5 Å². The minimum Gasteiger partial charge on any atom is -0.457 e. The smallest absolute Gasteiger partial charge is 0.338 e. The molecule has 34 heavy (non-hydrogen) atoms. The number of thiazole rings is 1. The van der Waals surface area contributed by atoms with E-state index in [0.717, 1.165) is 16.0 Å². The molecule has 5 nitrogen and oxygen atoms in total. The summed E-state index contributed by atoms with van der Waals surface area (Å²) in [5.41, 5.74) is 2.43. The molecule has 0 saturated carbocycles. The minimum atomic E-state index is -0.596. The first-order valence-electron chi connectivity index (χ1n) is 10.5. The largest absolute Gasteiger partial charge is 0.457 e. The first-order valence-corrected chi connectivity index (χ1v) is 12.6. The van der Waals surface area contributed by atoms with Gasteiger partial charge in [0.15, 0.2) is 4.80 Å². The SMILES string of the molecule is CC1=C(C(=O)OCc2ccccc2)[C@@H](c2cccs2)n2c(s/c(=C/c3cccc(Cl)c3)c2=O)=N1. The number of aromatic nitrogens is 1. The van der Waals surface area contributed by atoms with Crippen molar-refractivity contribution in [3.8, 4) is 0 Å². The normalized spacial score (nSPS) is 15.7. The molecule has 4 aromatic rings. The summed E-state index contributed by atoms with van der Waals surface area (Å²) in [4.78, 5) is 32.9. The van der Waals surface area contributed by atoms with Gasteiger partial charge in [-0.3, -0.25) is 9.36 Å². The van der Waals surface area contributed by atoms with Gasteiger partial charge in [0.1, 0.15) is 12.6 Å². The zero-order valence-corrected chi connectivity index (χ0v) is 20.5. The number of fused-ring (bicyclic) bond motifs is 1. The van der Waals surface area contributed by atoms with Crippen molar-refractivity contribution in [2.45, 2.75) is 19.6 Å². The van der Waals surface area contributed by atoms with E-state index in [-0.39, 0.29) is 12.2 Å². The molecule has 0 radical (unpaired) electrons. The van der Waals surface area contributed by atoms with E-state index in [0.29, 0.717) is 25.6 Å². The predicted octanol–water partition coefficient (Wildman–Crippen LogP) is 4.69. The van der Waals surface area contributed by atoms with Crippen LogP contribution in [0.15, 0.2) is 93.2 Å². The Kier molecular flexibility index (Phi) is 6.32. The quantitative estimate of drug-likeness (QED) is 0.369. The molecule has 0 N–H and O–H groups in total. The maximum atomic E-state index is 13.5. The lowest BCUT2D eigenvalue weighted by atomic mass is 10.0. The average Bonchev–Trinajstić information content (AvgIpc) is 3.46. The molecule has 8 heteroatoms. The summed E-state index contributed by atoms with van der Waals surface area (Å²) in [5, 5.41) is 2.52. The molecular weight excluding hydrogens is 488 g/mol. The Morgan fingerprint density at radius 2 is 1.97 bits per heavy atom. The summed E-state index contributed by atoms with van der Waals surface area (Å²) < 4.78 is 7.77. The van der Waals surface area contributed by atoms with Crippen molar-refractivity contribution in [3.05, 3.63) is 124 Å². The molecule has 2 aromatic carbocycles. The number of halogens is 1. The maximum absolute atomic E-state index is 13.5. The number of thiophene rings is 1. The molecule has 1 aliphatic rings. The van der Waals surface area contributed by atoms with E-state index in [1.165, 1.54) is 22.7 Å². The average molecular weight is 507 g/mol. The summed E-state index contributed by atoms with van der Waals surface area (Å²) in [6.45, 7) is 1.93. The standard InChI is InChI=1S/C26H19ClN2O3S2/c1-16-22(25(31)32-15-17-7-3-2-4-8-17)23(20-11-6-12-33-20)29-24(30)21(34-26(29)28-16)14-18-9-5-10-19(27)13-18/h2-14,23H,15H2,1H3/b21-14+/t23-/m1/s1. The second-order valence-corrected chi connectivity index (χ2v) is 10.1. The number of ether oxygens (including phenoxy) is 1. The summed E-state index contributed by atoms with van der Waals surface area (Å²) >= 11 is 8.90. The van der Waals surface area contributed by atoms with Crippen LogP contribution in [-0.4, -0.2) is 10.5 Å². The Bertz CT molecular complexity index is 1570. The van der Waals surface area contributed by atoms with Crippen LogP contribution in [0.3, 0.4) is 0 Å². The van der Waals surface area contributed by atoms with Crippen molar-refractivity contribution in [3.63, 3.8) is 0 Å². The summed E-state index contributed by atoms with van der Waals surface area (Å²) in [6, 6.07) is 20.0. The second kappa shape index (κ2) is 9.54. The molecule has 1 aliphatic heterocycles. The van der Waals surface area contributed by atoms with Crippen LogP contribution >= 0.6 is 34.3 Å². The minimum absolute atomic E-state index is 0.146. The van der Waals surface area contributed by atoms with Crippen LogP contribution in [0.25, 0.3) is 6.08 Å². The van der Waals surface area contributed by atoms with Crippen LogP contribution in [0.4, 0.5) is 0 Å². The van der Waals surface area contributed by atoms with Gasteiger partial charge in [-0.25, -0.2) is 9.79 Å². The number of esters is 1. The van der Waals surface area contributed by atoms with Crippen molar-refractivity contribution in [1.82, 2.24) is 4.57 Å². The molecule has 5 rings (SSSR count). The van der Waals surface area contributed by atoms with Crippen molar-refractivity contribution in [2.24, 2.45) is 4.99 Å². The molecule has 3 heterocycles. The Labute approximate surface area is 208 Å². The zero-order valence-electron chi connectivity index (χ0n) is 18.1. The number of carbonyl (C=O) groups excluding carboxylic acids is 1. The van der Waals surface area contributed by atoms with E-state index in [2.05, 4.69) is 4.99 Å². The molecule has 0 bridgehead atoms. The van der Waals surface area contributed by atoms with Crippen molar-refractivity contribution in [1.29, 1.82) is 0 Å². The summed E-state index contributed by atoms with van der Waals surface area (Å²) in [7, 11) is 0. The van der Waals surface area contributed by atoms with Crippen LogP contribution in [0.5, 0.6) is 0 Å². The van der Waals surface area contributed by atoms with Crippen LogP contribution < -0.4 is 14.9 Å². The molecule has 0 amide bonds. The molecule has 0 spiro atoms. The predicted molar refractivity (Wildman–Crippen MR) is 136 cm³/mol. The molecule has 170 valence electrons. The van der Waals surface area contributed by atoms with Crippen LogP contribution in [0.1, 0.15) is 29.0 Å². The van der Waals surface area contributed by atoms with Crippen molar-refractivity contribution < 1.29 is 9.53 Å². The van der Waals surface area contributed by atoms with Crippen molar-refractivity contribution >= 4 is 46.3 Å². The fourth-order valence-corrected chi connectivity index (χ4v) is 5.92. The highest BCUT2D eigenvalue weighted by Gasteiger charge is 2.34. The van der Waals surface area contributed by atoms with Gasteiger partial charge >= 0.3 is 5.97 Å². The van der Waals surface area contributed by atoms with E-state index in [1.54, 1.807) is 29.7 Å². The first kappa shape index (κ1) is 22.5. The molecular formula is C26H19ClN2O3S2. The lowest BCUT2D eigenvalue weighted by Crippen LogP contribution is -2.39. The number of benzene rings is 2. The van der Waals surface area contributed by atoms with E-state index >= 15 is 0 Å². The van der Waals surface area contributed by atoms with Crippen LogP contribution in [-0.2, 0) is 16.1 Å². The lowest BCUT2D eigenvalue weighted by Gasteiger charge is -2.23.